The molecule has 1 fully saturated rings. The van der Waals surface area contributed by atoms with Gasteiger partial charge in [0.25, 0.3) is 0 Å². The summed E-state index contributed by atoms with van der Waals surface area (Å²) in [4.78, 5) is 17.8. The lowest BCUT2D eigenvalue weighted by Gasteiger charge is -2.41. The molecule has 2 aliphatic rings. The first kappa shape index (κ1) is 16.1. The van der Waals surface area contributed by atoms with Gasteiger partial charge in [-0.25, -0.2) is 18.1 Å². The van der Waals surface area contributed by atoms with Gasteiger partial charge >= 0.3 is 0 Å². The van der Waals surface area contributed by atoms with Crippen molar-refractivity contribution in [2.75, 3.05) is 23.9 Å². The van der Waals surface area contributed by atoms with E-state index in [1.165, 1.54) is 21.6 Å². The number of likely N-dealkylation sites (tertiary alicyclic amines) is 1. The first-order valence-electron chi connectivity index (χ1n) is 8.21. The zero-order chi connectivity index (χ0) is 17.6. The Morgan fingerprint density at radius 2 is 2.04 bits per heavy atom. The minimum Gasteiger partial charge on any atom is -0.338 e. The van der Waals surface area contributed by atoms with Gasteiger partial charge in [0, 0.05) is 19.6 Å². The van der Waals surface area contributed by atoms with E-state index in [1.807, 2.05) is 24.3 Å². The summed E-state index contributed by atoms with van der Waals surface area (Å²) in [5.74, 6) is -0.140. The Balaban J connectivity index is 1.44. The van der Waals surface area contributed by atoms with Crippen LogP contribution in [-0.4, -0.2) is 58.9 Å². The van der Waals surface area contributed by atoms with E-state index in [9.17, 15) is 13.2 Å². The van der Waals surface area contributed by atoms with Gasteiger partial charge in [-0.2, -0.15) is 5.10 Å². The highest BCUT2D eigenvalue weighted by Crippen LogP contribution is 2.33. The Hall–Kier alpha value is -2.42. The normalized spacial score (nSPS) is 18.8. The molecule has 0 aliphatic carbocycles. The highest BCUT2D eigenvalue weighted by atomic mass is 32.2. The molecular weight excluding hydrogens is 342 g/mol. The molecule has 1 aromatic heterocycles. The number of anilines is 1. The maximum atomic E-state index is 12.9. The van der Waals surface area contributed by atoms with Crippen LogP contribution >= 0.6 is 0 Å². The largest absolute Gasteiger partial charge is 0.338 e. The summed E-state index contributed by atoms with van der Waals surface area (Å²) in [5.41, 5.74) is 1.82. The van der Waals surface area contributed by atoms with Crippen LogP contribution in [0.4, 0.5) is 5.69 Å². The summed E-state index contributed by atoms with van der Waals surface area (Å²) in [6.07, 6.45) is 3.59. The van der Waals surface area contributed by atoms with Crippen LogP contribution < -0.4 is 4.31 Å². The second-order valence-electron chi connectivity index (χ2n) is 6.41. The van der Waals surface area contributed by atoms with Gasteiger partial charge in [-0.05, 0) is 25.0 Å². The molecular formula is C16H19N5O3S. The highest BCUT2D eigenvalue weighted by Gasteiger charge is 2.45. The fraction of sp³-hybridized carbons (Fsp3) is 0.438. The van der Waals surface area contributed by atoms with Crippen molar-refractivity contribution in [1.29, 1.82) is 0 Å². The second kappa shape index (κ2) is 5.83. The number of hydrogen-bond donors (Lipinski definition) is 0. The molecule has 1 aromatic carbocycles. The lowest BCUT2D eigenvalue weighted by molar-refractivity contribution is -0.137. The number of amides is 1. The lowest BCUT2D eigenvalue weighted by atomic mass is 10.1. The van der Waals surface area contributed by atoms with Crippen molar-refractivity contribution in [3.05, 3.63) is 42.5 Å². The average molecular weight is 361 g/mol. The first-order valence-corrected chi connectivity index (χ1v) is 9.71. The molecule has 0 N–H and O–H groups in total. The molecule has 1 saturated heterocycles. The van der Waals surface area contributed by atoms with E-state index in [-0.39, 0.29) is 19.0 Å². The smallest absolute Gasteiger partial charge is 0.247 e. The standard InChI is InChI=1S/C16H19N5O3S/c1-12(20-11-17-10-18-20)16(22)19-8-14(9-19)25(23,24)21-7-6-13-4-2-3-5-15(13)21/h2-5,10-12,14H,6-9H2,1H3/t12-/m1/s1. The van der Waals surface area contributed by atoms with Gasteiger partial charge in [0.2, 0.25) is 15.9 Å². The quantitative estimate of drug-likeness (QED) is 0.789. The summed E-state index contributed by atoms with van der Waals surface area (Å²) in [5, 5.41) is 3.42. The first-order chi connectivity index (χ1) is 12.0. The molecule has 0 saturated carbocycles. The number of fused-ring (bicyclic) bond motifs is 1. The minimum atomic E-state index is -3.46. The molecule has 1 amide bonds. The van der Waals surface area contributed by atoms with E-state index in [0.29, 0.717) is 6.54 Å². The molecule has 4 rings (SSSR count). The Kier molecular flexibility index (Phi) is 3.75. The van der Waals surface area contributed by atoms with E-state index in [2.05, 4.69) is 10.1 Å². The van der Waals surface area contributed by atoms with Gasteiger partial charge in [-0.3, -0.25) is 9.10 Å². The van der Waals surface area contributed by atoms with Crippen molar-refractivity contribution in [3.63, 3.8) is 0 Å². The number of aromatic nitrogens is 3. The number of rotatable bonds is 4. The Labute approximate surface area is 146 Å². The van der Waals surface area contributed by atoms with Crippen LogP contribution in [0.1, 0.15) is 18.5 Å². The van der Waals surface area contributed by atoms with Crippen LogP contribution in [0.15, 0.2) is 36.9 Å². The van der Waals surface area contributed by atoms with E-state index < -0.39 is 21.3 Å². The number of carbonyl (C=O) groups excluding carboxylic acids is 1. The van der Waals surface area contributed by atoms with Crippen LogP contribution in [0.5, 0.6) is 0 Å². The molecule has 25 heavy (non-hydrogen) atoms. The maximum Gasteiger partial charge on any atom is 0.247 e. The third-order valence-electron chi connectivity index (χ3n) is 4.92. The highest BCUT2D eigenvalue weighted by molar-refractivity contribution is 7.93. The summed E-state index contributed by atoms with van der Waals surface area (Å²) >= 11 is 0. The number of benzene rings is 1. The summed E-state index contributed by atoms with van der Waals surface area (Å²) in [6.45, 7) is 2.65. The maximum absolute atomic E-state index is 12.9. The number of hydrogen-bond acceptors (Lipinski definition) is 5. The van der Waals surface area contributed by atoms with Crippen molar-refractivity contribution >= 4 is 21.6 Å². The Morgan fingerprint density at radius 3 is 2.76 bits per heavy atom. The van der Waals surface area contributed by atoms with Gasteiger partial charge in [-0.1, -0.05) is 18.2 Å². The zero-order valence-corrected chi connectivity index (χ0v) is 14.6. The summed E-state index contributed by atoms with van der Waals surface area (Å²) < 4.78 is 28.8. The Morgan fingerprint density at radius 1 is 1.28 bits per heavy atom. The Bertz CT molecular complexity index is 890. The molecule has 0 bridgehead atoms. The van der Waals surface area contributed by atoms with Gasteiger partial charge in [0.1, 0.15) is 23.9 Å². The van der Waals surface area contributed by atoms with Crippen molar-refractivity contribution in [1.82, 2.24) is 19.7 Å². The third-order valence-corrected chi connectivity index (χ3v) is 7.06. The minimum absolute atomic E-state index is 0.140. The number of sulfonamides is 1. The third kappa shape index (κ3) is 2.58. The van der Waals surface area contributed by atoms with Gasteiger partial charge in [0.05, 0.1) is 5.69 Å². The average Bonchev–Trinajstić information content (AvgIpc) is 3.22. The van der Waals surface area contributed by atoms with Crippen molar-refractivity contribution < 1.29 is 13.2 Å². The number of carbonyl (C=O) groups is 1. The molecule has 0 unspecified atom stereocenters. The monoisotopic (exact) mass is 361 g/mol. The molecule has 132 valence electrons. The molecule has 9 heteroatoms. The van der Waals surface area contributed by atoms with Gasteiger partial charge in [0.15, 0.2) is 0 Å². The van der Waals surface area contributed by atoms with Crippen molar-refractivity contribution in [2.45, 2.75) is 24.6 Å². The topological polar surface area (TPSA) is 88.4 Å². The van der Waals surface area contributed by atoms with Crippen LogP contribution in [0.3, 0.4) is 0 Å². The summed E-state index contributed by atoms with van der Waals surface area (Å²) in [6, 6.07) is 7.08. The number of para-hydroxylation sites is 1. The zero-order valence-electron chi connectivity index (χ0n) is 13.8. The second-order valence-corrected chi connectivity index (χ2v) is 8.55. The molecule has 2 aliphatic heterocycles. The molecule has 0 spiro atoms. The van der Waals surface area contributed by atoms with E-state index in [1.54, 1.807) is 11.8 Å². The van der Waals surface area contributed by atoms with Crippen LogP contribution in [-0.2, 0) is 21.2 Å². The predicted octanol–water partition coefficient (Wildman–Crippen LogP) is 0.442. The summed E-state index contributed by atoms with van der Waals surface area (Å²) in [7, 11) is -3.46. The SMILES string of the molecule is C[C@H](C(=O)N1CC(S(=O)(=O)N2CCc3ccccc32)C1)n1cncn1. The lowest BCUT2D eigenvalue weighted by Crippen LogP contribution is -2.60. The van der Waals surface area contributed by atoms with Gasteiger partial charge in [-0.15, -0.1) is 0 Å². The molecule has 0 radical (unpaired) electrons. The van der Waals surface area contributed by atoms with Crippen LogP contribution in [0.25, 0.3) is 0 Å². The van der Waals surface area contributed by atoms with Crippen molar-refractivity contribution in [2.24, 2.45) is 0 Å². The number of nitrogens with zero attached hydrogens (tertiary/aromatic N) is 5. The van der Waals surface area contributed by atoms with Crippen LogP contribution in [0.2, 0.25) is 0 Å². The van der Waals surface area contributed by atoms with Crippen molar-refractivity contribution in [3.8, 4) is 0 Å². The predicted molar refractivity (Wildman–Crippen MR) is 91.5 cm³/mol. The molecule has 3 heterocycles. The van der Waals surface area contributed by atoms with E-state index >= 15 is 0 Å². The van der Waals surface area contributed by atoms with E-state index in [4.69, 9.17) is 0 Å². The molecule has 1 atom stereocenters. The van der Waals surface area contributed by atoms with Gasteiger partial charge < -0.3 is 4.90 Å². The molecule has 8 nitrogen and oxygen atoms in total. The van der Waals surface area contributed by atoms with Crippen LogP contribution in [0, 0.1) is 0 Å². The fourth-order valence-corrected chi connectivity index (χ4v) is 5.25. The fourth-order valence-electron chi connectivity index (χ4n) is 3.35. The van der Waals surface area contributed by atoms with E-state index in [0.717, 1.165) is 17.7 Å². The molecule has 2 aromatic rings.